The maximum absolute atomic E-state index is 12.4. The number of aliphatic hydroxyl groups excluding tert-OH is 2. The van der Waals surface area contributed by atoms with Crippen molar-refractivity contribution in [3.8, 4) is 11.5 Å². The molecule has 0 spiro atoms. The molecule has 0 bridgehead atoms. The lowest BCUT2D eigenvalue weighted by Gasteiger charge is -2.22. The number of unbranched alkanes of at least 4 members (excludes halogenated alkanes) is 1. The van der Waals surface area contributed by atoms with Crippen molar-refractivity contribution in [3.63, 3.8) is 0 Å². The molecule has 1 aliphatic carbocycles. The molecule has 2 aromatic carbocycles. The van der Waals surface area contributed by atoms with Crippen molar-refractivity contribution in [2.75, 3.05) is 13.2 Å². The van der Waals surface area contributed by atoms with Crippen LogP contribution in [0.15, 0.2) is 66.7 Å². The standard InChI is InChI=1S/C32H40N2O9/c1-21(35)34-27(32(33)40)17-22-13-15-25(16-14-22)43-30(39)12-8-3-2-7-11-26-28(37)18-29(38)31(26)42-20-23(36)19-41-24-9-5-4-6-10-24/h2,4-7,9-10,13-16,23,26-27,29,31,36,38H,3,8,11-12,17-20H2,1H3,(H2,33,40)(H,34,35)/t23?,26-,27?,29+,31+/m0/s1. The third-order valence-corrected chi connectivity index (χ3v) is 6.89. The molecule has 5 atom stereocenters. The average Bonchev–Trinajstić information content (AvgIpc) is 3.24. The summed E-state index contributed by atoms with van der Waals surface area (Å²) in [6.07, 6.45) is 3.10. The number of carbonyl (C=O) groups excluding carboxylic acids is 4. The van der Waals surface area contributed by atoms with Crippen molar-refractivity contribution >= 4 is 23.6 Å². The Morgan fingerprint density at radius 2 is 1.77 bits per heavy atom. The van der Waals surface area contributed by atoms with Gasteiger partial charge in [0.2, 0.25) is 11.8 Å². The number of rotatable bonds is 17. The van der Waals surface area contributed by atoms with Gasteiger partial charge in [-0.15, -0.1) is 0 Å². The minimum atomic E-state index is -0.932. The van der Waals surface area contributed by atoms with Crippen LogP contribution in [0.2, 0.25) is 0 Å². The lowest BCUT2D eigenvalue weighted by Crippen LogP contribution is -2.44. The first-order chi connectivity index (χ1) is 20.6. The van der Waals surface area contributed by atoms with Crippen LogP contribution in [0.25, 0.3) is 0 Å². The van der Waals surface area contributed by atoms with Gasteiger partial charge in [-0.1, -0.05) is 42.5 Å². The third-order valence-electron chi connectivity index (χ3n) is 6.89. The highest BCUT2D eigenvalue weighted by Gasteiger charge is 2.41. The molecule has 1 aliphatic rings. The number of hydrogen-bond donors (Lipinski definition) is 4. The second-order valence-electron chi connectivity index (χ2n) is 10.5. The van der Waals surface area contributed by atoms with Gasteiger partial charge in [-0.2, -0.15) is 0 Å². The van der Waals surface area contributed by atoms with Crippen molar-refractivity contribution in [2.24, 2.45) is 11.7 Å². The Balaban J connectivity index is 1.35. The molecule has 5 N–H and O–H groups in total. The maximum Gasteiger partial charge on any atom is 0.311 e. The van der Waals surface area contributed by atoms with E-state index >= 15 is 0 Å². The van der Waals surface area contributed by atoms with Gasteiger partial charge in [0, 0.05) is 32.1 Å². The summed E-state index contributed by atoms with van der Waals surface area (Å²) in [5, 5.41) is 23.0. The molecule has 2 amide bonds. The summed E-state index contributed by atoms with van der Waals surface area (Å²) in [6, 6.07) is 14.9. The first-order valence-electron chi connectivity index (χ1n) is 14.3. The highest BCUT2D eigenvalue weighted by atomic mass is 16.5. The van der Waals surface area contributed by atoms with Crippen molar-refractivity contribution in [2.45, 2.75) is 69.8 Å². The van der Waals surface area contributed by atoms with Crippen LogP contribution >= 0.6 is 0 Å². The number of nitrogens with one attached hydrogen (secondary N) is 1. The molecule has 0 aliphatic heterocycles. The van der Waals surface area contributed by atoms with Gasteiger partial charge >= 0.3 is 5.97 Å². The number of esters is 1. The Labute approximate surface area is 251 Å². The summed E-state index contributed by atoms with van der Waals surface area (Å²) in [7, 11) is 0. The number of ketones is 1. The molecule has 0 aromatic heterocycles. The number of allylic oxidation sites excluding steroid dienone is 2. The van der Waals surface area contributed by atoms with Crippen LogP contribution in [-0.4, -0.2) is 71.3 Å². The SMILES string of the molecule is CC(=O)NC(Cc1ccc(OC(=O)CCCC=CC[C@H]2C(=O)C[C@@H](O)[C@@H]2OCC(O)COc2ccccc2)cc1)C(N)=O. The fourth-order valence-corrected chi connectivity index (χ4v) is 4.70. The van der Waals surface area contributed by atoms with E-state index in [1.807, 2.05) is 30.4 Å². The molecular weight excluding hydrogens is 556 g/mol. The first-order valence-corrected chi connectivity index (χ1v) is 14.3. The monoisotopic (exact) mass is 596 g/mol. The van der Waals surface area contributed by atoms with E-state index in [1.165, 1.54) is 6.92 Å². The van der Waals surface area contributed by atoms with E-state index in [1.54, 1.807) is 36.4 Å². The molecule has 11 nitrogen and oxygen atoms in total. The summed E-state index contributed by atoms with van der Waals surface area (Å²) < 4.78 is 16.6. The second kappa shape index (κ2) is 17.2. The Kier molecular flexibility index (Phi) is 13.3. The van der Waals surface area contributed by atoms with Crippen LogP contribution in [0.3, 0.4) is 0 Å². The van der Waals surface area contributed by atoms with Crippen LogP contribution in [0.5, 0.6) is 11.5 Å². The zero-order valence-electron chi connectivity index (χ0n) is 24.2. The minimum absolute atomic E-state index is 0.00757. The number of aliphatic hydroxyl groups is 2. The molecule has 11 heteroatoms. The molecular formula is C32H40N2O9. The molecule has 43 heavy (non-hydrogen) atoms. The van der Waals surface area contributed by atoms with Gasteiger partial charge in [-0.25, -0.2) is 0 Å². The zero-order chi connectivity index (χ0) is 31.2. The molecule has 3 rings (SSSR count). The summed E-state index contributed by atoms with van der Waals surface area (Å²) in [4.78, 5) is 47.4. The van der Waals surface area contributed by atoms with E-state index in [0.717, 1.165) is 5.56 Å². The average molecular weight is 597 g/mol. The summed E-state index contributed by atoms with van der Waals surface area (Å²) in [6.45, 7) is 1.26. The summed E-state index contributed by atoms with van der Waals surface area (Å²) in [5.74, 6) is -1.01. The highest BCUT2D eigenvalue weighted by Crippen LogP contribution is 2.29. The van der Waals surface area contributed by atoms with E-state index in [2.05, 4.69) is 5.32 Å². The topological polar surface area (TPSA) is 174 Å². The number of ether oxygens (including phenoxy) is 3. The maximum atomic E-state index is 12.4. The van der Waals surface area contributed by atoms with Gasteiger partial charge in [0.25, 0.3) is 0 Å². The lowest BCUT2D eigenvalue weighted by atomic mass is 9.99. The van der Waals surface area contributed by atoms with Crippen LogP contribution < -0.4 is 20.5 Å². The zero-order valence-corrected chi connectivity index (χ0v) is 24.2. The summed E-state index contributed by atoms with van der Waals surface area (Å²) >= 11 is 0. The molecule has 2 unspecified atom stereocenters. The fourth-order valence-electron chi connectivity index (χ4n) is 4.70. The van der Waals surface area contributed by atoms with Gasteiger partial charge in [-0.05, 0) is 49.1 Å². The number of hydrogen-bond acceptors (Lipinski definition) is 9. The van der Waals surface area contributed by atoms with Crippen molar-refractivity contribution in [3.05, 3.63) is 72.3 Å². The van der Waals surface area contributed by atoms with Crippen molar-refractivity contribution in [1.82, 2.24) is 5.32 Å². The van der Waals surface area contributed by atoms with E-state index < -0.39 is 42.1 Å². The Morgan fingerprint density at radius 1 is 1.05 bits per heavy atom. The van der Waals surface area contributed by atoms with Gasteiger partial charge in [0.1, 0.15) is 36.0 Å². The van der Waals surface area contributed by atoms with Gasteiger partial charge < -0.3 is 35.5 Å². The highest BCUT2D eigenvalue weighted by molar-refractivity contribution is 5.86. The number of benzene rings is 2. The number of carbonyl (C=O) groups is 4. The molecule has 1 saturated carbocycles. The van der Waals surface area contributed by atoms with Crippen LogP contribution in [0.4, 0.5) is 0 Å². The smallest absolute Gasteiger partial charge is 0.311 e. The number of nitrogens with two attached hydrogens (primary N) is 1. The normalized spacial score (nSPS) is 19.6. The van der Waals surface area contributed by atoms with Crippen molar-refractivity contribution in [1.29, 1.82) is 0 Å². The molecule has 232 valence electrons. The predicted molar refractivity (Wildman–Crippen MR) is 157 cm³/mol. The molecule has 0 heterocycles. The Hall–Kier alpha value is -4.06. The van der Waals surface area contributed by atoms with Crippen molar-refractivity contribution < 1.29 is 43.6 Å². The largest absolute Gasteiger partial charge is 0.491 e. The fraction of sp³-hybridized carbons (Fsp3) is 0.438. The Morgan fingerprint density at radius 3 is 2.44 bits per heavy atom. The predicted octanol–water partition coefficient (Wildman–Crippen LogP) is 2.02. The number of primary amides is 1. The van der Waals surface area contributed by atoms with Crippen LogP contribution in [0, 0.1) is 5.92 Å². The first kappa shape index (κ1) is 33.4. The van der Waals surface area contributed by atoms with Crippen LogP contribution in [-0.2, 0) is 30.3 Å². The number of para-hydroxylation sites is 1. The van der Waals surface area contributed by atoms with E-state index in [-0.39, 0.29) is 44.2 Å². The molecule has 1 fully saturated rings. The van der Waals surface area contributed by atoms with E-state index in [0.29, 0.717) is 30.8 Å². The number of Topliss-reactive ketones (excluding diaryl/α,β-unsaturated/α-hetero) is 1. The third kappa shape index (κ3) is 11.6. The molecule has 2 aromatic rings. The summed E-state index contributed by atoms with van der Waals surface area (Å²) in [5.41, 5.74) is 6.08. The van der Waals surface area contributed by atoms with Gasteiger partial charge in [0.15, 0.2) is 0 Å². The molecule has 0 saturated heterocycles. The lowest BCUT2D eigenvalue weighted by molar-refractivity contribution is -0.134. The minimum Gasteiger partial charge on any atom is -0.491 e. The number of amides is 2. The van der Waals surface area contributed by atoms with Gasteiger partial charge in [-0.3, -0.25) is 19.2 Å². The second-order valence-corrected chi connectivity index (χ2v) is 10.5. The van der Waals surface area contributed by atoms with E-state index in [4.69, 9.17) is 19.9 Å². The van der Waals surface area contributed by atoms with Gasteiger partial charge in [0.05, 0.1) is 18.8 Å². The van der Waals surface area contributed by atoms with E-state index in [9.17, 15) is 29.4 Å². The quantitative estimate of drug-likeness (QED) is 0.0922. The Bertz CT molecular complexity index is 1230. The van der Waals surface area contributed by atoms with Crippen LogP contribution in [0.1, 0.15) is 44.6 Å². The molecule has 0 radical (unpaired) electrons.